The van der Waals surface area contributed by atoms with E-state index in [4.69, 9.17) is 11.6 Å². The van der Waals surface area contributed by atoms with Crippen molar-refractivity contribution < 1.29 is 8.42 Å². The summed E-state index contributed by atoms with van der Waals surface area (Å²) in [7, 11) is -3.32. The molecule has 1 heterocycles. The van der Waals surface area contributed by atoms with E-state index < -0.39 is 10.0 Å². The fourth-order valence-electron chi connectivity index (χ4n) is 1.25. The Bertz CT molecular complexity index is 448. The molecule has 0 aliphatic heterocycles. The minimum absolute atomic E-state index is 0.0257. The molecule has 1 aromatic heterocycles. The third kappa shape index (κ3) is 4.37. The van der Waals surface area contributed by atoms with Gasteiger partial charge in [0.1, 0.15) is 0 Å². The SMILES string of the molecule is Cc1cc(NS(=O)(=O)CC(C)CCl)ccn1. The number of nitrogens with one attached hydrogen (secondary N) is 1. The van der Waals surface area contributed by atoms with Gasteiger partial charge in [0, 0.05) is 17.8 Å². The highest BCUT2D eigenvalue weighted by Crippen LogP contribution is 2.11. The molecular weight excluding hydrogens is 248 g/mol. The van der Waals surface area contributed by atoms with Crippen molar-refractivity contribution in [3.8, 4) is 0 Å². The second-order valence-electron chi connectivity index (χ2n) is 3.83. The largest absolute Gasteiger partial charge is 0.283 e. The number of aromatic nitrogens is 1. The van der Waals surface area contributed by atoms with Crippen LogP contribution in [0.4, 0.5) is 5.69 Å². The minimum atomic E-state index is -3.32. The molecule has 4 nitrogen and oxygen atoms in total. The summed E-state index contributed by atoms with van der Waals surface area (Å²) in [5.41, 5.74) is 1.31. The Balaban J connectivity index is 2.73. The van der Waals surface area contributed by atoms with Gasteiger partial charge in [-0.3, -0.25) is 9.71 Å². The van der Waals surface area contributed by atoms with Crippen molar-refractivity contribution in [3.05, 3.63) is 24.0 Å². The monoisotopic (exact) mass is 262 g/mol. The van der Waals surface area contributed by atoms with E-state index in [0.717, 1.165) is 5.69 Å². The number of anilines is 1. The average molecular weight is 263 g/mol. The van der Waals surface area contributed by atoms with Gasteiger partial charge in [-0.1, -0.05) is 6.92 Å². The third-order valence-electron chi connectivity index (χ3n) is 1.94. The smallest absolute Gasteiger partial charge is 0.233 e. The zero-order chi connectivity index (χ0) is 12.2. The average Bonchev–Trinajstić information content (AvgIpc) is 2.15. The second kappa shape index (κ2) is 5.50. The van der Waals surface area contributed by atoms with E-state index in [1.54, 1.807) is 32.2 Å². The fourth-order valence-corrected chi connectivity index (χ4v) is 2.92. The maximum atomic E-state index is 11.7. The van der Waals surface area contributed by atoms with Crippen molar-refractivity contribution in [2.24, 2.45) is 5.92 Å². The van der Waals surface area contributed by atoms with Crippen LogP contribution in [-0.2, 0) is 10.0 Å². The van der Waals surface area contributed by atoms with Crippen molar-refractivity contribution >= 4 is 27.3 Å². The van der Waals surface area contributed by atoms with E-state index in [1.807, 2.05) is 0 Å². The highest BCUT2D eigenvalue weighted by molar-refractivity contribution is 7.92. The molecule has 1 aromatic rings. The fraction of sp³-hybridized carbons (Fsp3) is 0.500. The molecule has 0 radical (unpaired) electrons. The Labute approximate surface area is 101 Å². The first-order valence-electron chi connectivity index (χ1n) is 4.92. The van der Waals surface area contributed by atoms with Crippen LogP contribution in [0.25, 0.3) is 0 Å². The quantitative estimate of drug-likeness (QED) is 0.826. The summed E-state index contributed by atoms with van der Waals surface area (Å²) in [6, 6.07) is 3.30. The van der Waals surface area contributed by atoms with Gasteiger partial charge in [0.2, 0.25) is 10.0 Å². The molecule has 0 fully saturated rings. The molecule has 0 spiro atoms. The molecule has 0 aliphatic carbocycles. The van der Waals surface area contributed by atoms with Crippen molar-refractivity contribution in [1.29, 1.82) is 0 Å². The predicted octanol–water partition coefficient (Wildman–Crippen LogP) is 2.01. The number of hydrogen-bond acceptors (Lipinski definition) is 3. The van der Waals surface area contributed by atoms with Crippen LogP contribution in [0, 0.1) is 12.8 Å². The molecule has 6 heteroatoms. The summed E-state index contributed by atoms with van der Waals surface area (Å²) in [6.45, 7) is 3.60. The van der Waals surface area contributed by atoms with Crippen molar-refractivity contribution in [1.82, 2.24) is 4.98 Å². The Kier molecular flexibility index (Phi) is 4.56. The molecule has 0 aromatic carbocycles. The number of pyridine rings is 1. The summed E-state index contributed by atoms with van der Waals surface area (Å²) in [5.74, 6) is 0.288. The van der Waals surface area contributed by atoms with Gasteiger partial charge < -0.3 is 0 Å². The summed E-state index contributed by atoms with van der Waals surface area (Å²) in [4.78, 5) is 3.99. The van der Waals surface area contributed by atoms with Crippen LogP contribution in [0.5, 0.6) is 0 Å². The Morgan fingerprint density at radius 2 is 2.25 bits per heavy atom. The number of nitrogens with zero attached hydrogens (tertiary/aromatic N) is 1. The summed E-state index contributed by atoms with van der Waals surface area (Å²) in [6.07, 6.45) is 1.57. The van der Waals surface area contributed by atoms with Crippen molar-refractivity contribution in [2.45, 2.75) is 13.8 Å². The zero-order valence-electron chi connectivity index (χ0n) is 9.27. The van der Waals surface area contributed by atoms with Crippen LogP contribution < -0.4 is 4.72 Å². The van der Waals surface area contributed by atoms with E-state index in [1.165, 1.54) is 0 Å². The molecular formula is C10H15ClN2O2S. The molecule has 1 rings (SSSR count). The number of alkyl halides is 1. The van der Waals surface area contributed by atoms with E-state index >= 15 is 0 Å². The number of hydrogen-bond donors (Lipinski definition) is 1. The van der Waals surface area contributed by atoms with E-state index in [0.29, 0.717) is 11.6 Å². The van der Waals surface area contributed by atoms with Gasteiger partial charge in [0.15, 0.2) is 0 Å². The molecule has 0 aliphatic rings. The van der Waals surface area contributed by atoms with Crippen molar-refractivity contribution in [2.75, 3.05) is 16.4 Å². The first-order valence-corrected chi connectivity index (χ1v) is 7.11. The van der Waals surface area contributed by atoms with Crippen LogP contribution in [0.15, 0.2) is 18.3 Å². The number of aryl methyl sites for hydroxylation is 1. The van der Waals surface area contributed by atoms with Crippen LogP contribution in [0.1, 0.15) is 12.6 Å². The standard InChI is InChI=1S/C10H15ClN2O2S/c1-8(6-11)7-16(14,15)13-10-3-4-12-9(2)5-10/h3-5,8H,6-7H2,1-2H3,(H,12,13). The molecule has 0 bridgehead atoms. The number of halogens is 1. The Hall–Kier alpha value is -0.810. The van der Waals surface area contributed by atoms with Crippen LogP contribution >= 0.6 is 11.6 Å². The normalized spacial score (nSPS) is 13.4. The lowest BCUT2D eigenvalue weighted by molar-refractivity contribution is 0.588. The van der Waals surface area contributed by atoms with E-state index in [9.17, 15) is 8.42 Å². The van der Waals surface area contributed by atoms with Crippen LogP contribution in [0.3, 0.4) is 0 Å². The molecule has 0 saturated carbocycles. The van der Waals surface area contributed by atoms with Gasteiger partial charge >= 0.3 is 0 Å². The van der Waals surface area contributed by atoms with Gasteiger partial charge in [-0.15, -0.1) is 11.6 Å². The highest BCUT2D eigenvalue weighted by atomic mass is 35.5. The van der Waals surface area contributed by atoms with Crippen LogP contribution in [-0.4, -0.2) is 25.0 Å². The summed E-state index contributed by atoms with van der Waals surface area (Å²) < 4.78 is 25.9. The first kappa shape index (κ1) is 13.3. The lowest BCUT2D eigenvalue weighted by Crippen LogP contribution is -2.22. The third-order valence-corrected chi connectivity index (χ3v) is 4.02. The topological polar surface area (TPSA) is 59.1 Å². The van der Waals surface area contributed by atoms with Crippen LogP contribution in [0.2, 0.25) is 0 Å². The summed E-state index contributed by atoms with van der Waals surface area (Å²) in [5, 5.41) is 0. The van der Waals surface area contributed by atoms with E-state index in [2.05, 4.69) is 9.71 Å². The van der Waals surface area contributed by atoms with Crippen molar-refractivity contribution in [3.63, 3.8) is 0 Å². The maximum Gasteiger partial charge on any atom is 0.233 e. The molecule has 0 amide bonds. The molecule has 16 heavy (non-hydrogen) atoms. The first-order chi connectivity index (χ1) is 7.43. The Morgan fingerprint density at radius 1 is 1.56 bits per heavy atom. The van der Waals surface area contributed by atoms with Gasteiger partial charge in [-0.25, -0.2) is 8.42 Å². The molecule has 90 valence electrons. The highest BCUT2D eigenvalue weighted by Gasteiger charge is 2.15. The lowest BCUT2D eigenvalue weighted by atomic mass is 10.3. The number of sulfonamides is 1. The van der Waals surface area contributed by atoms with Gasteiger partial charge in [-0.05, 0) is 25.0 Å². The molecule has 1 unspecified atom stereocenters. The van der Waals surface area contributed by atoms with Gasteiger partial charge in [0.05, 0.1) is 11.4 Å². The molecule has 0 saturated heterocycles. The zero-order valence-corrected chi connectivity index (χ0v) is 10.8. The Morgan fingerprint density at radius 3 is 2.81 bits per heavy atom. The second-order valence-corrected chi connectivity index (χ2v) is 5.90. The lowest BCUT2D eigenvalue weighted by Gasteiger charge is -2.11. The molecule has 1 atom stereocenters. The van der Waals surface area contributed by atoms with Gasteiger partial charge in [-0.2, -0.15) is 0 Å². The van der Waals surface area contributed by atoms with Gasteiger partial charge in [0.25, 0.3) is 0 Å². The number of rotatable bonds is 5. The molecule has 1 N–H and O–H groups in total. The van der Waals surface area contributed by atoms with E-state index in [-0.39, 0.29) is 11.7 Å². The maximum absolute atomic E-state index is 11.7. The predicted molar refractivity (Wildman–Crippen MR) is 66.3 cm³/mol. The summed E-state index contributed by atoms with van der Waals surface area (Å²) >= 11 is 5.58. The minimum Gasteiger partial charge on any atom is -0.283 e.